The number of rotatable bonds is 5. The fourth-order valence-corrected chi connectivity index (χ4v) is 3.13. The molecule has 2 aromatic rings. The van der Waals surface area contributed by atoms with Crippen molar-refractivity contribution in [2.75, 3.05) is 32.8 Å². The second-order valence-corrected chi connectivity index (χ2v) is 6.65. The predicted octanol–water partition coefficient (Wildman–Crippen LogP) is 3.11. The van der Waals surface area contributed by atoms with E-state index in [1.165, 1.54) is 11.1 Å². The minimum Gasteiger partial charge on any atom is -0.379 e. The lowest BCUT2D eigenvalue weighted by atomic mass is 10.0. The molecule has 1 aliphatic rings. The van der Waals surface area contributed by atoms with E-state index < -0.39 is 0 Å². The minimum absolute atomic E-state index is 0.0228. The SMILES string of the molecule is Cc1ccc(C(=O)NC[C@H](c2ccc(C)cc2)N2CCOCC2)cc1. The first kappa shape index (κ1) is 17.6. The van der Waals surface area contributed by atoms with E-state index in [1.54, 1.807) is 0 Å². The Morgan fingerprint density at radius 3 is 2.16 bits per heavy atom. The molecule has 2 aromatic carbocycles. The van der Waals surface area contributed by atoms with Gasteiger partial charge >= 0.3 is 0 Å². The van der Waals surface area contributed by atoms with Crippen molar-refractivity contribution in [1.29, 1.82) is 0 Å². The number of morpholine rings is 1. The molecule has 1 N–H and O–H groups in total. The van der Waals surface area contributed by atoms with Crippen LogP contribution in [0.25, 0.3) is 0 Å². The first-order valence-corrected chi connectivity index (χ1v) is 8.87. The molecule has 1 heterocycles. The maximum absolute atomic E-state index is 12.5. The molecule has 132 valence electrons. The van der Waals surface area contributed by atoms with E-state index in [0.717, 1.165) is 31.9 Å². The zero-order chi connectivity index (χ0) is 17.6. The summed E-state index contributed by atoms with van der Waals surface area (Å²) >= 11 is 0. The van der Waals surface area contributed by atoms with Crippen LogP contribution in [-0.4, -0.2) is 43.7 Å². The topological polar surface area (TPSA) is 41.6 Å². The van der Waals surface area contributed by atoms with Gasteiger partial charge in [0.25, 0.3) is 5.91 Å². The van der Waals surface area contributed by atoms with Gasteiger partial charge in [-0.3, -0.25) is 9.69 Å². The maximum atomic E-state index is 12.5. The summed E-state index contributed by atoms with van der Waals surface area (Å²) in [6.45, 7) is 7.97. The number of aryl methyl sites for hydroxylation is 2. The molecule has 0 radical (unpaired) electrons. The van der Waals surface area contributed by atoms with Gasteiger partial charge in [-0.2, -0.15) is 0 Å². The van der Waals surface area contributed by atoms with Gasteiger partial charge in [0.2, 0.25) is 0 Å². The standard InChI is InChI=1S/C21H26N2O2/c1-16-3-7-18(8-4-16)20(23-11-13-25-14-12-23)15-22-21(24)19-9-5-17(2)6-10-19/h3-10,20H,11-15H2,1-2H3,(H,22,24)/t20-/m1/s1. The molecule has 0 aromatic heterocycles. The molecule has 4 nitrogen and oxygen atoms in total. The molecule has 1 aliphatic heterocycles. The van der Waals surface area contributed by atoms with E-state index in [4.69, 9.17) is 4.74 Å². The van der Waals surface area contributed by atoms with Crippen LogP contribution in [0.5, 0.6) is 0 Å². The molecule has 1 amide bonds. The number of ether oxygens (including phenoxy) is 1. The summed E-state index contributed by atoms with van der Waals surface area (Å²) in [5.41, 5.74) is 4.34. The van der Waals surface area contributed by atoms with E-state index in [9.17, 15) is 4.79 Å². The molecule has 4 heteroatoms. The molecule has 25 heavy (non-hydrogen) atoms. The highest BCUT2D eigenvalue weighted by molar-refractivity contribution is 5.94. The van der Waals surface area contributed by atoms with E-state index in [1.807, 2.05) is 31.2 Å². The lowest BCUT2D eigenvalue weighted by Gasteiger charge is -2.35. The smallest absolute Gasteiger partial charge is 0.251 e. The predicted molar refractivity (Wildman–Crippen MR) is 99.8 cm³/mol. The Kier molecular flexibility index (Phi) is 5.84. The minimum atomic E-state index is -0.0228. The lowest BCUT2D eigenvalue weighted by Crippen LogP contribution is -2.43. The number of carbonyl (C=O) groups excluding carboxylic acids is 1. The normalized spacial score (nSPS) is 16.4. The number of hydrogen-bond acceptors (Lipinski definition) is 3. The number of amides is 1. The van der Waals surface area contributed by atoms with Gasteiger partial charge in [-0.25, -0.2) is 0 Å². The van der Waals surface area contributed by atoms with Gasteiger partial charge in [-0.15, -0.1) is 0 Å². The van der Waals surface area contributed by atoms with Crippen molar-refractivity contribution in [2.45, 2.75) is 19.9 Å². The third-order valence-electron chi connectivity index (χ3n) is 4.72. The lowest BCUT2D eigenvalue weighted by molar-refractivity contribution is 0.0162. The van der Waals surface area contributed by atoms with Crippen LogP contribution in [0.3, 0.4) is 0 Å². The summed E-state index contributed by atoms with van der Waals surface area (Å²) in [5, 5.41) is 3.11. The number of nitrogens with zero attached hydrogens (tertiary/aromatic N) is 1. The largest absolute Gasteiger partial charge is 0.379 e. The van der Waals surface area contributed by atoms with Crippen molar-refractivity contribution in [2.24, 2.45) is 0 Å². The van der Waals surface area contributed by atoms with Crippen molar-refractivity contribution in [3.8, 4) is 0 Å². The van der Waals surface area contributed by atoms with Crippen molar-refractivity contribution in [3.63, 3.8) is 0 Å². The van der Waals surface area contributed by atoms with Crippen LogP contribution in [-0.2, 0) is 4.74 Å². The van der Waals surface area contributed by atoms with Gasteiger partial charge in [0.1, 0.15) is 0 Å². The van der Waals surface area contributed by atoms with Crippen LogP contribution in [0.15, 0.2) is 48.5 Å². The number of hydrogen-bond donors (Lipinski definition) is 1. The monoisotopic (exact) mass is 338 g/mol. The third kappa shape index (κ3) is 4.68. The Bertz CT molecular complexity index is 689. The zero-order valence-electron chi connectivity index (χ0n) is 15.0. The first-order valence-electron chi connectivity index (χ1n) is 8.87. The molecule has 1 saturated heterocycles. The number of carbonyl (C=O) groups is 1. The molecule has 0 bridgehead atoms. The van der Waals surface area contributed by atoms with Crippen LogP contribution in [0.4, 0.5) is 0 Å². The van der Waals surface area contributed by atoms with Gasteiger partial charge in [0, 0.05) is 25.2 Å². The maximum Gasteiger partial charge on any atom is 0.251 e. The van der Waals surface area contributed by atoms with E-state index >= 15 is 0 Å². The summed E-state index contributed by atoms with van der Waals surface area (Å²) in [5.74, 6) is -0.0228. The molecular weight excluding hydrogens is 312 g/mol. The molecule has 0 spiro atoms. The third-order valence-corrected chi connectivity index (χ3v) is 4.72. The van der Waals surface area contributed by atoms with E-state index in [-0.39, 0.29) is 11.9 Å². The van der Waals surface area contributed by atoms with Gasteiger partial charge in [0.15, 0.2) is 0 Å². The highest BCUT2D eigenvalue weighted by Gasteiger charge is 2.23. The summed E-state index contributed by atoms with van der Waals surface area (Å²) in [6, 6.07) is 16.4. The summed E-state index contributed by atoms with van der Waals surface area (Å²) in [6.07, 6.45) is 0. The molecule has 3 rings (SSSR count). The second kappa shape index (κ2) is 8.28. The fraction of sp³-hybridized carbons (Fsp3) is 0.381. The Morgan fingerprint density at radius 2 is 1.56 bits per heavy atom. The summed E-state index contributed by atoms with van der Waals surface area (Å²) < 4.78 is 5.48. The van der Waals surface area contributed by atoms with Crippen LogP contribution >= 0.6 is 0 Å². The quantitative estimate of drug-likeness (QED) is 0.911. The molecule has 0 aliphatic carbocycles. The summed E-state index contributed by atoms with van der Waals surface area (Å²) in [7, 11) is 0. The molecule has 0 saturated carbocycles. The zero-order valence-corrected chi connectivity index (χ0v) is 15.0. The van der Waals surface area contributed by atoms with Crippen molar-refractivity contribution in [3.05, 3.63) is 70.8 Å². The van der Waals surface area contributed by atoms with Crippen molar-refractivity contribution in [1.82, 2.24) is 10.2 Å². The highest BCUT2D eigenvalue weighted by Crippen LogP contribution is 2.22. The van der Waals surface area contributed by atoms with E-state index in [0.29, 0.717) is 12.1 Å². The number of nitrogens with one attached hydrogen (secondary N) is 1. The van der Waals surface area contributed by atoms with Crippen LogP contribution < -0.4 is 5.32 Å². The number of benzene rings is 2. The van der Waals surface area contributed by atoms with Crippen molar-refractivity contribution < 1.29 is 9.53 Å². The Hall–Kier alpha value is -2.17. The van der Waals surface area contributed by atoms with E-state index in [2.05, 4.69) is 41.4 Å². The average Bonchev–Trinajstić information content (AvgIpc) is 2.64. The van der Waals surface area contributed by atoms with Crippen LogP contribution in [0.1, 0.15) is 33.1 Å². The average molecular weight is 338 g/mol. The van der Waals surface area contributed by atoms with Gasteiger partial charge in [-0.1, -0.05) is 47.5 Å². The van der Waals surface area contributed by atoms with Gasteiger partial charge in [-0.05, 0) is 31.5 Å². The fourth-order valence-electron chi connectivity index (χ4n) is 3.13. The van der Waals surface area contributed by atoms with Gasteiger partial charge < -0.3 is 10.1 Å². The molecule has 0 unspecified atom stereocenters. The first-order chi connectivity index (χ1) is 12.1. The summed E-state index contributed by atoms with van der Waals surface area (Å²) in [4.78, 5) is 14.9. The molecule has 1 fully saturated rings. The van der Waals surface area contributed by atoms with Crippen molar-refractivity contribution >= 4 is 5.91 Å². The molecular formula is C21H26N2O2. The van der Waals surface area contributed by atoms with Gasteiger partial charge in [0.05, 0.1) is 19.3 Å². The Morgan fingerprint density at radius 1 is 1.00 bits per heavy atom. The van der Waals surface area contributed by atoms with Crippen LogP contribution in [0.2, 0.25) is 0 Å². The Labute approximate surface area is 149 Å². The second-order valence-electron chi connectivity index (χ2n) is 6.65. The Balaban J connectivity index is 1.71. The van der Waals surface area contributed by atoms with Crippen LogP contribution in [0, 0.1) is 13.8 Å². The molecule has 1 atom stereocenters. The highest BCUT2D eigenvalue weighted by atomic mass is 16.5.